The molecule has 0 spiro atoms. The number of rotatable bonds is 3. The van der Waals surface area contributed by atoms with Crippen molar-refractivity contribution in [3.8, 4) is 0 Å². The Hall–Kier alpha value is -1.68. The van der Waals surface area contributed by atoms with E-state index in [1.165, 1.54) is 12.8 Å². The molecule has 0 unspecified atom stereocenters. The van der Waals surface area contributed by atoms with Crippen LogP contribution in [0, 0.1) is 12.8 Å². The van der Waals surface area contributed by atoms with Crippen molar-refractivity contribution in [2.45, 2.75) is 39.2 Å². The summed E-state index contributed by atoms with van der Waals surface area (Å²) in [5.74, 6) is 1.59. The molecule has 20 heavy (non-hydrogen) atoms. The second-order valence-corrected chi connectivity index (χ2v) is 6.08. The van der Waals surface area contributed by atoms with Crippen LogP contribution in [0.25, 0.3) is 10.9 Å². The molecule has 0 saturated heterocycles. The van der Waals surface area contributed by atoms with Crippen LogP contribution < -0.4 is 11.3 Å². The fourth-order valence-corrected chi connectivity index (χ4v) is 2.71. The SMILES string of the molecule is Cc1cc([C@@H](C)N)c2nc(CC3CC3)n(C)c(=O)c2c1. The summed E-state index contributed by atoms with van der Waals surface area (Å²) < 4.78 is 1.70. The first-order valence-corrected chi connectivity index (χ1v) is 7.23. The first kappa shape index (κ1) is 13.3. The Morgan fingerprint density at radius 1 is 1.45 bits per heavy atom. The second-order valence-electron chi connectivity index (χ2n) is 6.08. The average molecular weight is 271 g/mol. The maximum Gasteiger partial charge on any atom is 0.261 e. The molecule has 1 aliphatic rings. The third-order valence-corrected chi connectivity index (χ3v) is 4.11. The molecule has 1 aliphatic carbocycles. The van der Waals surface area contributed by atoms with Gasteiger partial charge in [-0.3, -0.25) is 9.36 Å². The van der Waals surface area contributed by atoms with Gasteiger partial charge in [0.05, 0.1) is 10.9 Å². The molecule has 1 aromatic heterocycles. The van der Waals surface area contributed by atoms with Crippen LogP contribution in [-0.2, 0) is 13.5 Å². The zero-order valence-corrected chi connectivity index (χ0v) is 12.3. The molecule has 0 amide bonds. The molecule has 1 atom stereocenters. The van der Waals surface area contributed by atoms with Gasteiger partial charge < -0.3 is 5.73 Å². The van der Waals surface area contributed by atoms with E-state index in [1.807, 2.05) is 33.0 Å². The highest BCUT2D eigenvalue weighted by atomic mass is 16.1. The van der Waals surface area contributed by atoms with E-state index in [2.05, 4.69) is 0 Å². The normalized spacial score (nSPS) is 16.6. The van der Waals surface area contributed by atoms with E-state index in [9.17, 15) is 4.79 Å². The lowest BCUT2D eigenvalue weighted by atomic mass is 10.0. The van der Waals surface area contributed by atoms with Gasteiger partial charge in [-0.05, 0) is 49.8 Å². The van der Waals surface area contributed by atoms with Gasteiger partial charge >= 0.3 is 0 Å². The molecular formula is C16H21N3O. The van der Waals surface area contributed by atoms with Crippen LogP contribution in [0.2, 0.25) is 0 Å². The quantitative estimate of drug-likeness (QED) is 0.931. The maximum atomic E-state index is 12.6. The highest BCUT2D eigenvalue weighted by molar-refractivity contribution is 5.82. The molecule has 1 heterocycles. The maximum absolute atomic E-state index is 12.6. The molecule has 2 N–H and O–H groups in total. The van der Waals surface area contributed by atoms with Gasteiger partial charge in [-0.15, -0.1) is 0 Å². The lowest BCUT2D eigenvalue weighted by Crippen LogP contribution is -2.24. The fraction of sp³-hybridized carbons (Fsp3) is 0.500. The molecule has 0 bridgehead atoms. The first-order chi connectivity index (χ1) is 9.47. The van der Waals surface area contributed by atoms with Crippen molar-refractivity contribution in [2.75, 3.05) is 0 Å². The fourth-order valence-electron chi connectivity index (χ4n) is 2.71. The molecule has 2 aromatic rings. The summed E-state index contributed by atoms with van der Waals surface area (Å²) in [7, 11) is 1.82. The zero-order chi connectivity index (χ0) is 14.4. The van der Waals surface area contributed by atoms with Gasteiger partial charge in [-0.1, -0.05) is 6.07 Å². The molecular weight excluding hydrogens is 250 g/mol. The van der Waals surface area contributed by atoms with E-state index < -0.39 is 0 Å². The Morgan fingerprint density at radius 2 is 2.15 bits per heavy atom. The van der Waals surface area contributed by atoms with Crippen LogP contribution in [0.5, 0.6) is 0 Å². The van der Waals surface area contributed by atoms with E-state index in [1.54, 1.807) is 4.57 Å². The van der Waals surface area contributed by atoms with Crippen LogP contribution in [0.3, 0.4) is 0 Å². The van der Waals surface area contributed by atoms with Crippen LogP contribution in [0.15, 0.2) is 16.9 Å². The van der Waals surface area contributed by atoms with Gasteiger partial charge in [0.15, 0.2) is 0 Å². The lowest BCUT2D eigenvalue weighted by Gasteiger charge is -2.14. The number of hydrogen-bond donors (Lipinski definition) is 1. The Bertz CT molecular complexity index is 727. The van der Waals surface area contributed by atoms with Gasteiger partial charge in [0, 0.05) is 19.5 Å². The molecule has 106 valence electrons. The summed E-state index contributed by atoms with van der Waals surface area (Å²) in [5.41, 5.74) is 8.89. The largest absolute Gasteiger partial charge is 0.324 e. The van der Waals surface area contributed by atoms with E-state index in [0.29, 0.717) is 11.3 Å². The highest BCUT2D eigenvalue weighted by Gasteiger charge is 2.24. The lowest BCUT2D eigenvalue weighted by molar-refractivity contribution is 0.683. The molecule has 4 nitrogen and oxygen atoms in total. The summed E-state index contributed by atoms with van der Waals surface area (Å²) in [6.45, 7) is 3.93. The second kappa shape index (κ2) is 4.70. The van der Waals surface area contributed by atoms with Gasteiger partial charge in [0.1, 0.15) is 5.82 Å². The van der Waals surface area contributed by atoms with Crippen LogP contribution in [-0.4, -0.2) is 9.55 Å². The Labute approximate surface area is 118 Å². The summed E-state index contributed by atoms with van der Waals surface area (Å²) in [6, 6.07) is 3.84. The standard InChI is InChI=1S/C16H21N3O/c1-9-6-12(10(2)17)15-13(7-9)16(20)19(3)14(18-15)8-11-4-5-11/h6-7,10-11H,4-5,8,17H2,1-3H3/t10-/m1/s1. The van der Waals surface area contributed by atoms with Crippen molar-refractivity contribution < 1.29 is 0 Å². The van der Waals surface area contributed by atoms with E-state index in [0.717, 1.165) is 28.9 Å². The number of fused-ring (bicyclic) bond motifs is 1. The molecule has 0 aliphatic heterocycles. The smallest absolute Gasteiger partial charge is 0.261 e. The minimum Gasteiger partial charge on any atom is -0.324 e. The van der Waals surface area contributed by atoms with Gasteiger partial charge in [-0.2, -0.15) is 0 Å². The van der Waals surface area contributed by atoms with Crippen LogP contribution >= 0.6 is 0 Å². The number of nitrogens with two attached hydrogens (primary N) is 1. The summed E-state index contributed by atoms with van der Waals surface area (Å²) in [5, 5.41) is 0.680. The average Bonchev–Trinajstić information content (AvgIpc) is 3.19. The number of benzene rings is 1. The van der Waals surface area contributed by atoms with Crippen molar-refractivity contribution >= 4 is 10.9 Å². The number of nitrogens with zero attached hydrogens (tertiary/aromatic N) is 2. The number of hydrogen-bond acceptors (Lipinski definition) is 3. The van der Waals surface area contributed by atoms with E-state index in [-0.39, 0.29) is 11.6 Å². The van der Waals surface area contributed by atoms with Crippen LogP contribution in [0.1, 0.15) is 42.8 Å². The minimum absolute atomic E-state index is 0.0382. The predicted molar refractivity (Wildman–Crippen MR) is 80.8 cm³/mol. The van der Waals surface area contributed by atoms with Crippen LogP contribution in [0.4, 0.5) is 0 Å². The summed E-state index contributed by atoms with van der Waals surface area (Å²) in [6.07, 6.45) is 3.40. The third kappa shape index (κ3) is 2.24. The molecule has 3 rings (SSSR count). The van der Waals surface area contributed by atoms with Crippen molar-refractivity contribution in [3.63, 3.8) is 0 Å². The number of aromatic nitrogens is 2. The molecule has 4 heteroatoms. The summed E-state index contributed by atoms with van der Waals surface area (Å²) >= 11 is 0. The Morgan fingerprint density at radius 3 is 2.75 bits per heavy atom. The van der Waals surface area contributed by atoms with Crippen molar-refractivity contribution in [2.24, 2.45) is 18.7 Å². The monoisotopic (exact) mass is 271 g/mol. The zero-order valence-electron chi connectivity index (χ0n) is 12.3. The van der Waals surface area contributed by atoms with Gasteiger partial charge in [-0.25, -0.2) is 4.98 Å². The molecule has 1 aromatic carbocycles. The third-order valence-electron chi connectivity index (χ3n) is 4.11. The van der Waals surface area contributed by atoms with Crippen molar-refractivity contribution in [1.82, 2.24) is 9.55 Å². The molecule has 1 fully saturated rings. The minimum atomic E-state index is -0.120. The molecule has 0 radical (unpaired) electrons. The Balaban J connectivity index is 2.29. The van der Waals surface area contributed by atoms with Crippen molar-refractivity contribution in [3.05, 3.63) is 39.4 Å². The van der Waals surface area contributed by atoms with E-state index in [4.69, 9.17) is 10.7 Å². The first-order valence-electron chi connectivity index (χ1n) is 7.23. The topological polar surface area (TPSA) is 60.9 Å². The van der Waals surface area contributed by atoms with Gasteiger partial charge in [0.2, 0.25) is 0 Å². The summed E-state index contributed by atoms with van der Waals surface area (Å²) in [4.78, 5) is 17.3. The van der Waals surface area contributed by atoms with E-state index >= 15 is 0 Å². The highest BCUT2D eigenvalue weighted by Crippen LogP contribution is 2.32. The molecule has 1 saturated carbocycles. The number of aryl methyl sites for hydroxylation is 1. The predicted octanol–water partition coefficient (Wildman–Crippen LogP) is 2.21. The Kier molecular flexibility index (Phi) is 3.13. The van der Waals surface area contributed by atoms with Crippen molar-refractivity contribution in [1.29, 1.82) is 0 Å². The van der Waals surface area contributed by atoms with Gasteiger partial charge in [0.25, 0.3) is 5.56 Å².